The van der Waals surface area contributed by atoms with Crippen LogP contribution in [0.3, 0.4) is 0 Å². The number of terminal acetylenes is 1. The molecule has 2 saturated carbocycles. The Kier molecular flexibility index (Phi) is 47.2. The first-order valence-corrected chi connectivity index (χ1v) is 62.7. The minimum atomic E-state index is -3.75. The SMILES string of the molecule is C#Cc1cnc(-c2ccc(S(=O)(=O)NCCNC(=O)C(C)(C)C)s2)nc1Nc1cc(C2CC2)[nH]n1.CC(C)(C)C(=O)Cl.CC(C)(C)C(=O)NCCCS(=O)(=O)c1ccc(B2OC(C)(C)C(C)(C)O2)s1.CC(C)(C)C(=O)NCCCS(=O)(=O)c1ccc(Br)s1.C[Si](C)(C)C#Cc1cnc(Br)nc1Nc1cc(C2CC2)[nH]n1.NCCCS(=O)(=O)c1ccc(Br)s1.NCCN.O=S(=O)(Cl)c1ccc(Br)s1. The molecule has 2 aliphatic carbocycles. The summed E-state index contributed by atoms with van der Waals surface area (Å²) in [5.41, 5.74) is 19.1. The second kappa shape index (κ2) is 53.1. The summed E-state index contributed by atoms with van der Waals surface area (Å²) in [5.74, 6) is 9.61. The van der Waals surface area contributed by atoms with Crippen molar-refractivity contribution in [1.82, 2.24) is 61.0 Å². The summed E-state index contributed by atoms with van der Waals surface area (Å²) in [5, 5.41) is 29.0. The molecule has 3 fully saturated rings. The number of carbonyl (C=O) groups excluding carboxylic acids is 4. The van der Waals surface area contributed by atoms with Gasteiger partial charge in [-0.15, -0.1) is 68.7 Å². The Balaban J connectivity index is 0.000000294. The number of anilines is 4. The van der Waals surface area contributed by atoms with Gasteiger partial charge in [-0.3, -0.25) is 29.4 Å². The lowest BCUT2D eigenvalue weighted by Gasteiger charge is -2.32. The van der Waals surface area contributed by atoms with Crippen LogP contribution in [0.4, 0.5) is 23.3 Å². The van der Waals surface area contributed by atoms with E-state index in [9.17, 15) is 61.3 Å². The summed E-state index contributed by atoms with van der Waals surface area (Å²) >= 11 is 23.8. The largest absolute Gasteiger partial charge is 0.505 e. The van der Waals surface area contributed by atoms with E-state index in [0.717, 1.165) is 68.7 Å². The number of H-pyrrole nitrogens is 2. The first kappa shape index (κ1) is 122. The van der Waals surface area contributed by atoms with Crippen molar-refractivity contribution in [3.63, 3.8) is 0 Å². The van der Waals surface area contributed by atoms with E-state index < -0.39 is 91.2 Å². The van der Waals surface area contributed by atoms with Crippen LogP contribution in [-0.4, -0.2) is 195 Å². The Hall–Kier alpha value is -5.83. The molecule has 51 heteroatoms. The van der Waals surface area contributed by atoms with Crippen LogP contribution in [0, 0.1) is 45.5 Å². The maximum atomic E-state index is 12.7. The molecule has 0 unspecified atom stereocenters. The summed E-state index contributed by atoms with van der Waals surface area (Å²) < 4.78 is 138. The number of hydrogen-bond acceptors (Lipinski definition) is 32. The van der Waals surface area contributed by atoms with Gasteiger partial charge in [-0.1, -0.05) is 121 Å². The van der Waals surface area contributed by atoms with E-state index in [1.54, 1.807) is 96.3 Å². The number of sulfonamides is 1. The van der Waals surface area contributed by atoms with Crippen LogP contribution in [0.5, 0.6) is 0 Å². The number of carbonyl (C=O) groups is 4. The number of rotatable bonds is 29. The Morgan fingerprint density at radius 3 is 1.30 bits per heavy atom. The van der Waals surface area contributed by atoms with Crippen LogP contribution in [-0.2, 0) is 77.1 Å². The summed E-state index contributed by atoms with van der Waals surface area (Å²) in [6.07, 6.45) is 15.0. The molecule has 0 aromatic carbocycles. The van der Waals surface area contributed by atoms with Crippen LogP contribution in [0.15, 0.2) is 122 Å². The van der Waals surface area contributed by atoms with Gasteiger partial charge in [0.1, 0.15) is 29.1 Å². The van der Waals surface area contributed by atoms with Gasteiger partial charge in [0.25, 0.3) is 9.05 Å². The van der Waals surface area contributed by atoms with Crippen LogP contribution in [0.1, 0.15) is 190 Å². The molecular weight excluding hydrogens is 2280 g/mol. The van der Waals surface area contributed by atoms with Gasteiger partial charge >= 0.3 is 7.12 Å². The minimum Gasteiger partial charge on any atom is -0.399 e. The summed E-state index contributed by atoms with van der Waals surface area (Å²) in [7, 11) is -14.0. The second-order valence-corrected chi connectivity index (χ2v) is 64.2. The Morgan fingerprint density at radius 2 is 0.927 bits per heavy atom. The number of nitrogens with one attached hydrogen (secondary N) is 8. The molecule has 756 valence electrons. The third kappa shape index (κ3) is 42.6. The van der Waals surface area contributed by atoms with Gasteiger partial charge in [0, 0.05) is 124 Å². The van der Waals surface area contributed by atoms with Gasteiger partial charge in [-0.25, -0.2) is 66.7 Å². The molecule has 0 atom stereocenters. The monoisotopic (exact) mass is 2390 g/mol. The number of nitrogens with two attached hydrogens (primary N) is 3. The highest BCUT2D eigenvalue weighted by Gasteiger charge is 2.52. The molecule has 9 aromatic rings. The first-order chi connectivity index (χ1) is 63.2. The molecule has 3 amide bonds. The smallest absolute Gasteiger partial charge is 0.399 e. The van der Waals surface area contributed by atoms with Crippen molar-refractivity contribution < 1.29 is 70.6 Å². The fourth-order valence-corrected chi connectivity index (χ4v) is 25.6. The summed E-state index contributed by atoms with van der Waals surface area (Å²) in [4.78, 5) is 63.5. The molecule has 1 aliphatic heterocycles. The van der Waals surface area contributed by atoms with Crippen LogP contribution in [0.25, 0.3) is 10.7 Å². The number of aromatic amines is 2. The minimum absolute atomic E-state index is 0.0132. The summed E-state index contributed by atoms with van der Waals surface area (Å²) in [6, 6.07) is 20.2. The number of aromatic nitrogens is 8. The lowest BCUT2D eigenvalue weighted by molar-refractivity contribution is -0.129. The lowest BCUT2D eigenvalue weighted by Crippen LogP contribution is -2.41. The molecule has 0 spiro atoms. The predicted octanol–water partition coefficient (Wildman–Crippen LogP) is 16.8. The van der Waals surface area contributed by atoms with Gasteiger partial charge in [0.2, 0.25) is 33.0 Å². The fraction of sp³-hybridized carbons (Fsp3) is 0.512. The van der Waals surface area contributed by atoms with Crippen LogP contribution < -0.4 is 53.3 Å². The van der Waals surface area contributed by atoms with E-state index in [-0.39, 0.29) is 67.1 Å². The molecule has 14 N–H and O–H groups in total. The molecule has 12 rings (SSSR count). The fourth-order valence-electron chi connectivity index (χ4n) is 10.0. The molecule has 1 saturated heterocycles. The van der Waals surface area contributed by atoms with E-state index in [2.05, 4.69) is 172 Å². The molecular formula is C86H122BBr4Cl2N17O16S10Si. The quantitative estimate of drug-likeness (QED) is 0.00682. The average molecular weight is 2400 g/mol. The molecule has 33 nitrogen and oxygen atoms in total. The normalized spacial score (nSPS) is 14.2. The van der Waals surface area contributed by atoms with Crippen LogP contribution >= 0.6 is 143 Å². The highest BCUT2D eigenvalue weighted by atomic mass is 79.9. The molecule has 0 bridgehead atoms. The van der Waals surface area contributed by atoms with E-state index in [1.807, 2.05) is 81.4 Å². The van der Waals surface area contributed by atoms with Gasteiger partial charge in [-0.05, 0) is 209 Å². The maximum absolute atomic E-state index is 12.7. The van der Waals surface area contributed by atoms with Crippen molar-refractivity contribution in [3.8, 4) is 34.5 Å². The zero-order valence-electron chi connectivity index (χ0n) is 79.7. The van der Waals surface area contributed by atoms with Crippen molar-refractivity contribution in [2.45, 2.75) is 219 Å². The number of thiophene rings is 5. The van der Waals surface area contributed by atoms with Crippen LogP contribution in [0.2, 0.25) is 19.6 Å². The van der Waals surface area contributed by atoms with Crippen molar-refractivity contribution in [3.05, 3.63) is 124 Å². The first-order valence-electron chi connectivity index (χ1n) is 42.8. The third-order valence-electron chi connectivity index (χ3n) is 18.8. The number of amides is 3. The topological polar surface area (TPSA) is 517 Å². The highest BCUT2D eigenvalue weighted by Crippen LogP contribution is 2.42. The van der Waals surface area contributed by atoms with Gasteiger partial charge in [0.05, 0.1) is 55.8 Å². The van der Waals surface area contributed by atoms with Crippen molar-refractivity contribution in [2.75, 3.05) is 73.7 Å². The standard InChI is InChI=1S/C23H27N7O3S2.C18H30BNO5S2.C15H18BrN5Si.C12H18BrNO3S2.C7H10BrNO2S2.C5H9ClO.C4H2BrClO2S2.C2H8N2/c1-5-14-13-25-21(28-20(14)27-18-12-16(29-30-18)15-6-7-15)17-8-9-19(34-17)35(32,33)26-11-10-24-22(31)23(2,3)4;1-16(2,3)15(21)20-11-8-12-27(22,23)14-10-9-13(26-14)19-24-17(4,5)18(6,7)25-19;1-22(2,3)7-6-11-9-17-15(16)19-14(11)18-13-8-12(20-21-13)10-4-5-10;1-12(2,3)11(15)14-7-4-8-19(16,17)10-6-5-9(13)18-10;8-6-2-3-7(12-6)13(10,11)5-1-4-9;1-5(2,3)4(6)7;5-3-1-2-4(9-3)10(6,7)8;3-1-2-4/h1,8-9,12-13,15,26H,6-7,10-11H2,2-4H3,(H,24,31)(H2,25,27,28,29,30);9-10H,8,11-12H2,1-7H3,(H,20,21);8-10H,4-5H2,1-3H3,(H2,17,18,19,20,21);5-6H,4,7-8H2,1-3H3,(H,14,15);2-3H,1,4-5,9H2;1-3H3;1-2H;1-4H2. The molecule has 3 aliphatic rings. The lowest BCUT2D eigenvalue weighted by atomic mass is 9.88. The van der Waals surface area contributed by atoms with E-state index in [1.165, 1.54) is 70.9 Å². The molecule has 9 aromatic heterocycles. The predicted molar refractivity (Wildman–Crippen MR) is 570 cm³/mol. The van der Waals surface area contributed by atoms with Gasteiger partial charge in [0.15, 0.2) is 63.3 Å². The Labute approximate surface area is 870 Å². The second-order valence-electron chi connectivity index (χ2n) is 37.0. The maximum Gasteiger partial charge on any atom is 0.505 e. The van der Waals surface area contributed by atoms with Crippen molar-refractivity contribution in [2.24, 2.45) is 38.9 Å². The van der Waals surface area contributed by atoms with E-state index >= 15 is 0 Å². The summed E-state index contributed by atoms with van der Waals surface area (Å²) in [6.45, 7) is 38.7. The Bertz CT molecular complexity index is 6240. The van der Waals surface area contributed by atoms with E-state index in [4.69, 9.17) is 55.2 Å². The molecule has 10 heterocycles. The third-order valence-corrected chi connectivity index (χ3v) is 38.9. The zero-order chi connectivity index (χ0) is 103. The number of halogens is 6. The zero-order valence-corrected chi connectivity index (χ0v) is 96.7. The number of hydrogen-bond donors (Lipinski definition) is 11. The Morgan fingerprint density at radius 1 is 0.533 bits per heavy atom. The van der Waals surface area contributed by atoms with Gasteiger partial charge in [-0.2, -0.15) is 10.2 Å². The van der Waals surface area contributed by atoms with Gasteiger partial charge < -0.3 is 53.1 Å². The average Bonchev–Trinajstić information content (AvgIpc) is 1.61. The van der Waals surface area contributed by atoms with Crippen molar-refractivity contribution in [1.29, 1.82) is 0 Å². The highest BCUT2D eigenvalue weighted by molar-refractivity contribution is 9.11. The van der Waals surface area contributed by atoms with Crippen molar-refractivity contribution >= 4 is 257 Å². The molecule has 0 radical (unpaired) electrons. The van der Waals surface area contributed by atoms with E-state index in [0.29, 0.717) is 115 Å². The molecule has 137 heavy (non-hydrogen) atoms. The number of sulfone groups is 3. The number of nitrogens with zero attached hydrogens (tertiary/aromatic N) is 6.